The van der Waals surface area contributed by atoms with Crippen LogP contribution in [0.15, 0.2) is 53.1 Å². The normalized spacial score (nSPS) is 10.4. The fourth-order valence-corrected chi connectivity index (χ4v) is 2.74. The summed E-state index contributed by atoms with van der Waals surface area (Å²) in [6, 6.07) is 13.0. The molecule has 1 aromatic heterocycles. The van der Waals surface area contributed by atoms with E-state index in [1.54, 1.807) is 23.0 Å². The van der Waals surface area contributed by atoms with E-state index in [4.69, 9.17) is 9.47 Å². The highest BCUT2D eigenvalue weighted by Crippen LogP contribution is 2.36. The first kappa shape index (κ1) is 16.2. The van der Waals surface area contributed by atoms with Crippen molar-refractivity contribution >= 4 is 22.2 Å². The molecular weight excluding hydrogens is 374 g/mol. The van der Waals surface area contributed by atoms with Gasteiger partial charge in [0.15, 0.2) is 11.5 Å². The quantitative estimate of drug-likeness (QED) is 0.606. The van der Waals surface area contributed by atoms with Crippen molar-refractivity contribution in [2.45, 2.75) is 6.61 Å². The van der Waals surface area contributed by atoms with Gasteiger partial charge in [-0.25, -0.2) is 4.68 Å². The maximum absolute atomic E-state index is 10.9. The Morgan fingerprint density at radius 3 is 2.75 bits per heavy atom. The van der Waals surface area contributed by atoms with Crippen LogP contribution in [0, 0.1) is 0 Å². The van der Waals surface area contributed by atoms with Crippen molar-refractivity contribution < 1.29 is 14.3 Å². The third kappa shape index (κ3) is 3.46. The number of halogens is 1. The number of carbonyl (C=O) groups excluding carboxylic acids is 1. The van der Waals surface area contributed by atoms with Crippen LogP contribution in [-0.4, -0.2) is 28.4 Å². The summed E-state index contributed by atoms with van der Waals surface area (Å²) in [4.78, 5) is 10.9. The van der Waals surface area contributed by atoms with Gasteiger partial charge in [-0.1, -0.05) is 23.4 Å². The first-order valence-electron chi connectivity index (χ1n) is 7.13. The highest BCUT2D eigenvalue weighted by molar-refractivity contribution is 9.10. The molecule has 0 spiro atoms. The maximum atomic E-state index is 10.9. The molecule has 0 aliphatic rings. The van der Waals surface area contributed by atoms with Crippen LogP contribution in [0.4, 0.5) is 0 Å². The average molecular weight is 388 g/mol. The van der Waals surface area contributed by atoms with Gasteiger partial charge < -0.3 is 9.47 Å². The van der Waals surface area contributed by atoms with E-state index >= 15 is 0 Å². The Bertz CT molecular complexity index is 850. The number of ether oxygens (including phenoxy) is 2. The van der Waals surface area contributed by atoms with Crippen LogP contribution >= 0.6 is 15.9 Å². The van der Waals surface area contributed by atoms with E-state index in [9.17, 15) is 4.79 Å². The molecule has 0 aliphatic carbocycles. The number of methoxy groups -OCH3 is 1. The van der Waals surface area contributed by atoms with E-state index in [0.717, 1.165) is 12.0 Å². The molecule has 0 N–H and O–H groups in total. The molecule has 122 valence electrons. The largest absolute Gasteiger partial charge is 0.493 e. The smallest absolute Gasteiger partial charge is 0.175 e. The van der Waals surface area contributed by atoms with Gasteiger partial charge in [0.25, 0.3) is 0 Å². The molecule has 0 saturated heterocycles. The Kier molecular flexibility index (Phi) is 4.90. The van der Waals surface area contributed by atoms with Crippen molar-refractivity contribution in [1.82, 2.24) is 15.0 Å². The molecule has 0 atom stereocenters. The number of carbonyl (C=O) groups is 1. The number of hydrogen-bond donors (Lipinski definition) is 0. The minimum absolute atomic E-state index is 0.224. The second-order valence-electron chi connectivity index (χ2n) is 4.93. The average Bonchev–Trinajstić information content (AvgIpc) is 3.09. The Morgan fingerprint density at radius 1 is 1.25 bits per heavy atom. The fraction of sp³-hybridized carbons (Fsp3) is 0.118. The Labute approximate surface area is 147 Å². The zero-order valence-electron chi connectivity index (χ0n) is 12.8. The van der Waals surface area contributed by atoms with Crippen LogP contribution in [0.2, 0.25) is 0 Å². The van der Waals surface area contributed by atoms with Gasteiger partial charge in [-0.2, -0.15) is 0 Å². The number of rotatable bonds is 6. The molecule has 2 aromatic carbocycles. The van der Waals surface area contributed by atoms with Crippen molar-refractivity contribution in [1.29, 1.82) is 0 Å². The van der Waals surface area contributed by atoms with E-state index in [0.29, 0.717) is 27.2 Å². The van der Waals surface area contributed by atoms with Crippen LogP contribution in [-0.2, 0) is 6.61 Å². The van der Waals surface area contributed by atoms with E-state index in [2.05, 4.69) is 26.2 Å². The van der Waals surface area contributed by atoms with Crippen LogP contribution in [0.1, 0.15) is 16.1 Å². The minimum atomic E-state index is 0.224. The third-order valence-corrected chi connectivity index (χ3v) is 3.90. The van der Waals surface area contributed by atoms with E-state index in [1.165, 1.54) is 7.11 Å². The van der Waals surface area contributed by atoms with Gasteiger partial charge in [0, 0.05) is 5.56 Å². The standard InChI is InChI=1S/C17H14BrN3O3/c1-23-16-8-12(10-22)7-15(18)17(16)24-11-13-9-21(20-19-13)14-5-3-2-4-6-14/h2-10H,11H2,1H3. The zero-order chi connectivity index (χ0) is 16.9. The summed E-state index contributed by atoms with van der Waals surface area (Å²) < 4.78 is 13.4. The van der Waals surface area contributed by atoms with Gasteiger partial charge >= 0.3 is 0 Å². The number of aromatic nitrogens is 3. The monoisotopic (exact) mass is 387 g/mol. The van der Waals surface area contributed by atoms with E-state index in [1.807, 2.05) is 30.3 Å². The van der Waals surface area contributed by atoms with Crippen molar-refractivity contribution in [2.75, 3.05) is 7.11 Å². The van der Waals surface area contributed by atoms with Crippen molar-refractivity contribution in [2.24, 2.45) is 0 Å². The summed E-state index contributed by atoms with van der Waals surface area (Å²) in [6.45, 7) is 0.224. The van der Waals surface area contributed by atoms with Gasteiger partial charge in [0.1, 0.15) is 18.6 Å². The Hall–Kier alpha value is -2.67. The SMILES string of the molecule is COc1cc(C=O)cc(Br)c1OCc1cn(-c2ccccc2)nn1. The molecule has 3 aromatic rings. The summed E-state index contributed by atoms with van der Waals surface area (Å²) in [5.41, 5.74) is 2.10. The minimum Gasteiger partial charge on any atom is -0.493 e. The van der Waals surface area contributed by atoms with Gasteiger partial charge in [0.05, 0.1) is 23.5 Å². The predicted octanol–water partition coefficient (Wildman–Crippen LogP) is 3.43. The second kappa shape index (κ2) is 7.27. The van der Waals surface area contributed by atoms with Crippen molar-refractivity contribution in [3.8, 4) is 17.2 Å². The van der Waals surface area contributed by atoms with Gasteiger partial charge in [-0.15, -0.1) is 5.10 Å². The number of benzene rings is 2. The molecule has 0 unspecified atom stereocenters. The maximum Gasteiger partial charge on any atom is 0.175 e. The van der Waals surface area contributed by atoms with Crippen molar-refractivity contribution in [3.05, 3.63) is 64.4 Å². The molecule has 0 amide bonds. The number of hydrogen-bond acceptors (Lipinski definition) is 5. The molecular formula is C17H14BrN3O3. The number of aldehydes is 1. The topological polar surface area (TPSA) is 66.2 Å². The summed E-state index contributed by atoms with van der Waals surface area (Å²) in [5.74, 6) is 0.985. The highest BCUT2D eigenvalue weighted by Gasteiger charge is 2.13. The first-order valence-corrected chi connectivity index (χ1v) is 7.92. The summed E-state index contributed by atoms with van der Waals surface area (Å²) in [5, 5.41) is 8.19. The lowest BCUT2D eigenvalue weighted by atomic mass is 10.2. The zero-order valence-corrected chi connectivity index (χ0v) is 14.4. The number of para-hydroxylation sites is 1. The molecule has 1 heterocycles. The van der Waals surface area contributed by atoms with Crippen LogP contribution in [0.25, 0.3) is 5.69 Å². The van der Waals surface area contributed by atoms with Crippen LogP contribution < -0.4 is 9.47 Å². The molecule has 3 rings (SSSR count). The molecule has 6 nitrogen and oxygen atoms in total. The fourth-order valence-electron chi connectivity index (χ4n) is 2.17. The first-order chi connectivity index (χ1) is 11.7. The Morgan fingerprint density at radius 2 is 2.04 bits per heavy atom. The van der Waals surface area contributed by atoms with Gasteiger partial charge in [-0.05, 0) is 40.2 Å². The van der Waals surface area contributed by atoms with E-state index in [-0.39, 0.29) is 6.61 Å². The lowest BCUT2D eigenvalue weighted by Gasteiger charge is -2.12. The molecule has 7 heteroatoms. The van der Waals surface area contributed by atoms with Gasteiger partial charge in [-0.3, -0.25) is 4.79 Å². The second-order valence-corrected chi connectivity index (χ2v) is 5.78. The van der Waals surface area contributed by atoms with E-state index < -0.39 is 0 Å². The molecule has 0 radical (unpaired) electrons. The van der Waals surface area contributed by atoms with Crippen LogP contribution in [0.5, 0.6) is 11.5 Å². The molecule has 0 bridgehead atoms. The van der Waals surface area contributed by atoms with Crippen molar-refractivity contribution in [3.63, 3.8) is 0 Å². The number of nitrogens with zero attached hydrogens (tertiary/aromatic N) is 3. The summed E-state index contributed by atoms with van der Waals surface area (Å²) in [6.07, 6.45) is 2.55. The highest BCUT2D eigenvalue weighted by atomic mass is 79.9. The molecule has 24 heavy (non-hydrogen) atoms. The van der Waals surface area contributed by atoms with Gasteiger partial charge in [0.2, 0.25) is 0 Å². The molecule has 0 saturated carbocycles. The predicted molar refractivity (Wildman–Crippen MR) is 91.8 cm³/mol. The molecule has 0 fully saturated rings. The summed E-state index contributed by atoms with van der Waals surface area (Å²) >= 11 is 3.39. The Balaban J connectivity index is 1.77. The van der Waals surface area contributed by atoms with Crippen LogP contribution in [0.3, 0.4) is 0 Å². The third-order valence-electron chi connectivity index (χ3n) is 3.31. The lowest BCUT2D eigenvalue weighted by Crippen LogP contribution is -2.00. The molecule has 0 aliphatic heterocycles. The summed E-state index contributed by atoms with van der Waals surface area (Å²) in [7, 11) is 1.52. The lowest BCUT2D eigenvalue weighted by molar-refractivity contribution is 0.112.